The molecule has 13 heavy (non-hydrogen) atoms. The van der Waals surface area contributed by atoms with Crippen LogP contribution in [0.25, 0.3) is 0 Å². The average molecular weight is 193 g/mol. The molecular weight excluding hydrogens is 187 g/mol. The average Bonchev–Trinajstić information content (AvgIpc) is 2.08. The van der Waals surface area contributed by atoms with E-state index in [9.17, 15) is 13.2 Å². The first-order valence-electron chi connectivity index (χ1n) is 3.27. The Morgan fingerprint density at radius 1 is 1.54 bits per heavy atom. The summed E-state index contributed by atoms with van der Waals surface area (Å²) >= 11 is 0. The molecule has 0 atom stereocenters. The van der Waals surface area contributed by atoms with Gasteiger partial charge in [-0.1, -0.05) is 0 Å². The second-order valence-electron chi connectivity index (χ2n) is 2.18. The summed E-state index contributed by atoms with van der Waals surface area (Å²) < 4.78 is 41.1. The van der Waals surface area contributed by atoms with Gasteiger partial charge in [-0.05, 0) is 0 Å². The zero-order valence-electron chi connectivity index (χ0n) is 6.59. The maximum absolute atomic E-state index is 12.5. The van der Waals surface area contributed by atoms with E-state index in [2.05, 4.69) is 9.72 Å². The van der Waals surface area contributed by atoms with E-state index in [1.807, 2.05) is 0 Å². The van der Waals surface area contributed by atoms with Gasteiger partial charge < -0.3 is 9.84 Å². The molecule has 0 unspecified atom stereocenters. The Hall–Kier alpha value is -1.46. The van der Waals surface area contributed by atoms with Gasteiger partial charge in [-0.25, -0.2) is 13.8 Å². The lowest BCUT2D eigenvalue weighted by molar-refractivity contribution is 0.139. The topological polar surface area (TPSA) is 42.4 Å². The molecule has 0 aromatic carbocycles. The Morgan fingerprint density at radius 2 is 2.15 bits per heavy atom. The summed E-state index contributed by atoms with van der Waals surface area (Å²) in [5.41, 5.74) is -1.02. The molecule has 1 rings (SSSR count). The first kappa shape index (κ1) is 9.63. The number of aromatic hydroxyl groups is 1. The number of rotatable bonds is 2. The van der Waals surface area contributed by atoms with Crippen molar-refractivity contribution in [1.82, 2.24) is 4.98 Å². The van der Waals surface area contributed by atoms with Crippen molar-refractivity contribution in [1.29, 1.82) is 0 Å². The van der Waals surface area contributed by atoms with Crippen LogP contribution in [-0.4, -0.2) is 17.2 Å². The molecule has 0 saturated heterocycles. The predicted molar refractivity (Wildman–Crippen MR) is 37.4 cm³/mol. The summed E-state index contributed by atoms with van der Waals surface area (Å²) in [7, 11) is 1.13. The largest absolute Gasteiger partial charge is 0.503 e. The summed E-state index contributed by atoms with van der Waals surface area (Å²) in [6, 6.07) is 0.723. The monoisotopic (exact) mass is 193 g/mol. The molecule has 0 aliphatic heterocycles. The minimum absolute atomic E-state index is 0.359. The third-order valence-corrected chi connectivity index (χ3v) is 1.38. The highest BCUT2D eigenvalue weighted by Gasteiger charge is 2.20. The summed E-state index contributed by atoms with van der Waals surface area (Å²) in [5.74, 6) is -2.31. The van der Waals surface area contributed by atoms with Crippen molar-refractivity contribution in [2.24, 2.45) is 0 Å². The molecule has 0 radical (unpaired) electrons. The number of aromatic nitrogens is 1. The molecule has 1 heterocycles. The van der Waals surface area contributed by atoms with Gasteiger partial charge >= 0.3 is 0 Å². The molecule has 1 N–H and O–H groups in total. The van der Waals surface area contributed by atoms with Crippen LogP contribution in [0.4, 0.5) is 13.2 Å². The fourth-order valence-corrected chi connectivity index (χ4v) is 0.811. The van der Waals surface area contributed by atoms with Gasteiger partial charge in [0.15, 0.2) is 17.2 Å². The van der Waals surface area contributed by atoms with Crippen molar-refractivity contribution in [3.63, 3.8) is 0 Å². The highest BCUT2D eigenvalue weighted by molar-refractivity contribution is 5.42. The number of ether oxygens (including phenoxy) is 1. The lowest BCUT2D eigenvalue weighted by Gasteiger charge is -2.06. The van der Waals surface area contributed by atoms with E-state index >= 15 is 0 Å². The zero-order chi connectivity index (χ0) is 10.0. The molecule has 0 amide bonds. The van der Waals surface area contributed by atoms with Gasteiger partial charge in [0.05, 0.1) is 7.11 Å². The highest BCUT2D eigenvalue weighted by atomic mass is 19.3. The molecule has 0 aliphatic rings. The van der Waals surface area contributed by atoms with E-state index in [0.717, 1.165) is 13.2 Å². The molecule has 6 heteroatoms. The summed E-state index contributed by atoms with van der Waals surface area (Å²) in [6.45, 7) is 0. The lowest BCUT2D eigenvalue weighted by Crippen LogP contribution is -1.97. The van der Waals surface area contributed by atoms with Crippen molar-refractivity contribution < 1.29 is 23.0 Å². The van der Waals surface area contributed by atoms with E-state index in [4.69, 9.17) is 5.11 Å². The van der Waals surface area contributed by atoms with E-state index < -0.39 is 23.8 Å². The predicted octanol–water partition coefficient (Wildman–Crippen LogP) is 1.87. The van der Waals surface area contributed by atoms with Crippen LogP contribution in [-0.2, 0) is 0 Å². The van der Waals surface area contributed by atoms with Crippen molar-refractivity contribution in [2.45, 2.75) is 6.43 Å². The lowest BCUT2D eigenvalue weighted by atomic mass is 10.3. The summed E-state index contributed by atoms with van der Waals surface area (Å²) in [6.07, 6.45) is -3.04. The van der Waals surface area contributed by atoms with E-state index in [1.165, 1.54) is 0 Å². The van der Waals surface area contributed by atoms with Crippen LogP contribution in [0.15, 0.2) is 6.07 Å². The second-order valence-corrected chi connectivity index (χ2v) is 2.18. The van der Waals surface area contributed by atoms with Gasteiger partial charge in [0.1, 0.15) is 0 Å². The molecular formula is C7H6F3NO2. The fraction of sp³-hybridized carbons (Fsp3) is 0.286. The number of nitrogens with zero attached hydrogens (tertiary/aromatic N) is 1. The molecule has 0 saturated carbocycles. The second kappa shape index (κ2) is 3.51. The first-order chi connectivity index (χ1) is 6.06. The van der Waals surface area contributed by atoms with Crippen molar-refractivity contribution in [2.75, 3.05) is 7.11 Å². The molecule has 3 nitrogen and oxygen atoms in total. The highest BCUT2D eigenvalue weighted by Crippen LogP contribution is 2.34. The van der Waals surface area contributed by atoms with Gasteiger partial charge in [-0.3, -0.25) is 0 Å². The van der Waals surface area contributed by atoms with Gasteiger partial charge in [0.25, 0.3) is 6.43 Å². The maximum Gasteiger partial charge on any atom is 0.284 e. The van der Waals surface area contributed by atoms with Gasteiger partial charge in [-0.15, -0.1) is 0 Å². The van der Waals surface area contributed by atoms with Crippen LogP contribution >= 0.6 is 0 Å². The van der Waals surface area contributed by atoms with E-state index in [-0.39, 0.29) is 5.75 Å². The van der Waals surface area contributed by atoms with E-state index in [1.54, 1.807) is 0 Å². The molecule has 1 aromatic heterocycles. The Balaban J connectivity index is 3.27. The summed E-state index contributed by atoms with van der Waals surface area (Å²) in [5, 5.41) is 9.05. The van der Waals surface area contributed by atoms with Crippen LogP contribution in [0.5, 0.6) is 11.5 Å². The third kappa shape index (κ3) is 1.82. The Morgan fingerprint density at radius 3 is 2.62 bits per heavy atom. The first-order valence-corrected chi connectivity index (χ1v) is 3.27. The number of halogens is 3. The zero-order valence-corrected chi connectivity index (χ0v) is 6.59. The standard InChI is InChI=1S/C7H6F3NO2/c1-13-3-2-4(8)11-5(6(3)12)7(9)10/h2,7,12H,1H3. The van der Waals surface area contributed by atoms with Crippen LogP contribution in [0, 0.1) is 5.95 Å². The number of alkyl halides is 2. The van der Waals surface area contributed by atoms with Crippen molar-refractivity contribution in [3.05, 3.63) is 17.7 Å². The molecule has 0 fully saturated rings. The minimum Gasteiger partial charge on any atom is -0.503 e. The van der Waals surface area contributed by atoms with Gasteiger partial charge in [0.2, 0.25) is 5.95 Å². The van der Waals surface area contributed by atoms with Gasteiger partial charge in [0, 0.05) is 6.07 Å². The molecule has 72 valence electrons. The van der Waals surface area contributed by atoms with Crippen LogP contribution in [0.3, 0.4) is 0 Å². The SMILES string of the molecule is COc1cc(F)nc(C(F)F)c1O. The number of pyridine rings is 1. The smallest absolute Gasteiger partial charge is 0.284 e. The molecule has 0 aliphatic carbocycles. The molecule has 0 spiro atoms. The quantitative estimate of drug-likeness (QED) is 0.729. The fourth-order valence-electron chi connectivity index (χ4n) is 0.811. The van der Waals surface area contributed by atoms with Gasteiger partial charge in [-0.2, -0.15) is 4.39 Å². The number of hydrogen-bond donors (Lipinski definition) is 1. The van der Waals surface area contributed by atoms with E-state index in [0.29, 0.717) is 0 Å². The van der Waals surface area contributed by atoms with Crippen LogP contribution < -0.4 is 4.74 Å². The Labute approximate surface area is 71.8 Å². The van der Waals surface area contributed by atoms with Crippen molar-refractivity contribution in [3.8, 4) is 11.5 Å². The molecule has 0 bridgehead atoms. The van der Waals surface area contributed by atoms with Crippen LogP contribution in [0.2, 0.25) is 0 Å². The maximum atomic E-state index is 12.5. The number of hydrogen-bond acceptors (Lipinski definition) is 3. The van der Waals surface area contributed by atoms with Crippen LogP contribution in [0.1, 0.15) is 12.1 Å². The Bertz CT molecular complexity index is 317. The minimum atomic E-state index is -3.04. The van der Waals surface area contributed by atoms with Crippen molar-refractivity contribution >= 4 is 0 Å². The Kier molecular flexibility index (Phi) is 2.60. The third-order valence-electron chi connectivity index (χ3n) is 1.38. The normalized spacial score (nSPS) is 10.5. The summed E-state index contributed by atoms with van der Waals surface area (Å²) in [4.78, 5) is 2.83. The molecule has 1 aromatic rings. The number of methoxy groups -OCH3 is 1.